The molecule has 0 aliphatic rings. The highest BCUT2D eigenvalue weighted by Gasteiger charge is 2.26. The molecule has 0 heterocycles. The topological polar surface area (TPSA) is 92.7 Å². The van der Waals surface area contributed by atoms with E-state index in [1.54, 1.807) is 0 Å². The van der Waals surface area contributed by atoms with E-state index < -0.39 is 22.0 Å². The number of carboxylic acid groups (broad SMARTS) is 1. The highest BCUT2D eigenvalue weighted by molar-refractivity contribution is 9.10. The van der Waals surface area contributed by atoms with Gasteiger partial charge in [0, 0.05) is 0 Å². The van der Waals surface area contributed by atoms with Crippen LogP contribution in [0.15, 0.2) is 27.6 Å². The van der Waals surface area contributed by atoms with Gasteiger partial charge in [0.1, 0.15) is 11.8 Å². The van der Waals surface area contributed by atoms with Crippen molar-refractivity contribution >= 4 is 31.9 Å². The molecule has 0 unspecified atom stereocenters. The molecule has 0 fully saturated rings. The van der Waals surface area contributed by atoms with Gasteiger partial charge in [-0.1, -0.05) is 13.8 Å². The molecule has 8 heteroatoms. The molecular weight excluding hydrogens is 362 g/mol. The number of aliphatic carboxylic acids is 1. The summed E-state index contributed by atoms with van der Waals surface area (Å²) < 4.78 is 32.2. The van der Waals surface area contributed by atoms with E-state index >= 15 is 0 Å². The Balaban J connectivity index is 3.04. The minimum absolute atomic E-state index is 0.0230. The Morgan fingerprint density at radius 3 is 2.48 bits per heavy atom. The molecular formula is C13H18BrNO5S. The van der Waals surface area contributed by atoms with Crippen molar-refractivity contribution in [3.05, 3.63) is 22.7 Å². The standard InChI is InChI=1S/C13H18BrNO5S/c1-8(2)6-11(13(16)17)15-21(18,19)9-4-5-12(20-3)10(14)7-9/h4-5,7-8,11,15H,6H2,1-3H3,(H,16,17)/t11-/m0/s1. The van der Waals surface area contributed by atoms with Crippen molar-refractivity contribution < 1.29 is 23.1 Å². The van der Waals surface area contributed by atoms with E-state index in [1.807, 2.05) is 13.8 Å². The summed E-state index contributed by atoms with van der Waals surface area (Å²) in [5.41, 5.74) is 0. The first-order valence-corrected chi connectivity index (χ1v) is 8.53. The summed E-state index contributed by atoms with van der Waals surface area (Å²) >= 11 is 3.20. The van der Waals surface area contributed by atoms with Gasteiger partial charge >= 0.3 is 5.97 Å². The van der Waals surface area contributed by atoms with Gasteiger partial charge in [-0.25, -0.2) is 8.42 Å². The quantitative estimate of drug-likeness (QED) is 0.757. The van der Waals surface area contributed by atoms with E-state index in [1.165, 1.54) is 25.3 Å². The van der Waals surface area contributed by atoms with Crippen LogP contribution in [0.4, 0.5) is 0 Å². The number of halogens is 1. The largest absolute Gasteiger partial charge is 0.496 e. The van der Waals surface area contributed by atoms with Crippen LogP contribution in [0.3, 0.4) is 0 Å². The minimum Gasteiger partial charge on any atom is -0.496 e. The average molecular weight is 380 g/mol. The van der Waals surface area contributed by atoms with Gasteiger partial charge in [-0.15, -0.1) is 0 Å². The van der Waals surface area contributed by atoms with E-state index in [0.717, 1.165) is 0 Å². The normalized spacial score (nSPS) is 13.2. The molecule has 0 spiro atoms. The number of carboxylic acids is 1. The van der Waals surface area contributed by atoms with Crippen LogP contribution in [0.1, 0.15) is 20.3 Å². The average Bonchev–Trinajstić information content (AvgIpc) is 2.36. The third kappa shape index (κ3) is 4.98. The second-order valence-corrected chi connectivity index (χ2v) is 7.51. The van der Waals surface area contributed by atoms with Gasteiger partial charge in [0.05, 0.1) is 16.5 Å². The van der Waals surface area contributed by atoms with E-state index in [2.05, 4.69) is 20.7 Å². The van der Waals surface area contributed by atoms with Gasteiger partial charge in [0.2, 0.25) is 10.0 Å². The first-order chi connectivity index (χ1) is 9.67. The molecule has 0 aliphatic carbocycles. The number of ether oxygens (including phenoxy) is 1. The molecule has 118 valence electrons. The third-order valence-corrected chi connectivity index (χ3v) is 4.83. The fourth-order valence-electron chi connectivity index (χ4n) is 1.74. The summed E-state index contributed by atoms with van der Waals surface area (Å²) in [6.07, 6.45) is 0.214. The van der Waals surface area contributed by atoms with Gasteiger partial charge in [-0.3, -0.25) is 4.79 Å². The summed E-state index contributed by atoms with van der Waals surface area (Å²) in [5.74, 6) is -0.651. The number of sulfonamides is 1. The molecule has 1 atom stereocenters. The summed E-state index contributed by atoms with van der Waals surface area (Å²) in [6.45, 7) is 3.66. The minimum atomic E-state index is -3.91. The van der Waals surface area contributed by atoms with Crippen molar-refractivity contribution in [1.29, 1.82) is 0 Å². The maximum absolute atomic E-state index is 12.2. The second-order valence-electron chi connectivity index (χ2n) is 4.94. The van der Waals surface area contributed by atoms with Gasteiger partial charge in [0.15, 0.2) is 0 Å². The molecule has 0 saturated heterocycles. The molecule has 1 rings (SSSR count). The van der Waals surface area contributed by atoms with Crippen molar-refractivity contribution in [2.75, 3.05) is 7.11 Å². The zero-order valence-electron chi connectivity index (χ0n) is 12.0. The molecule has 2 N–H and O–H groups in total. The van der Waals surface area contributed by atoms with Crippen LogP contribution in [0.5, 0.6) is 5.75 Å². The fraction of sp³-hybridized carbons (Fsp3) is 0.462. The van der Waals surface area contributed by atoms with Crippen molar-refractivity contribution in [2.45, 2.75) is 31.2 Å². The first-order valence-electron chi connectivity index (χ1n) is 6.26. The van der Waals surface area contributed by atoms with Crippen molar-refractivity contribution in [1.82, 2.24) is 4.72 Å². The Labute approximate surface area is 132 Å². The molecule has 1 aromatic carbocycles. The van der Waals surface area contributed by atoms with Crippen LogP contribution in [0.25, 0.3) is 0 Å². The molecule has 1 aromatic rings. The number of hydrogen-bond donors (Lipinski definition) is 2. The van der Waals surface area contributed by atoms with Gasteiger partial charge in [-0.2, -0.15) is 4.72 Å². The fourth-order valence-corrected chi connectivity index (χ4v) is 3.66. The van der Waals surface area contributed by atoms with E-state index in [0.29, 0.717) is 10.2 Å². The molecule has 0 saturated carbocycles. The van der Waals surface area contributed by atoms with Gasteiger partial charge in [-0.05, 0) is 46.5 Å². The second kappa shape index (κ2) is 7.24. The molecule has 0 aromatic heterocycles. The number of benzene rings is 1. The molecule has 0 aliphatic heterocycles. The lowest BCUT2D eigenvalue weighted by molar-refractivity contribution is -0.139. The summed E-state index contributed by atoms with van der Waals surface area (Å²) in [6, 6.07) is 3.07. The van der Waals surface area contributed by atoms with E-state index in [-0.39, 0.29) is 17.2 Å². The zero-order chi connectivity index (χ0) is 16.2. The SMILES string of the molecule is COc1ccc(S(=O)(=O)N[C@@H](CC(C)C)C(=O)O)cc1Br. The highest BCUT2D eigenvalue weighted by atomic mass is 79.9. The number of nitrogens with one attached hydrogen (secondary N) is 1. The van der Waals surface area contributed by atoms with Crippen LogP contribution in [-0.4, -0.2) is 32.6 Å². The Morgan fingerprint density at radius 2 is 2.05 bits per heavy atom. The molecule has 0 radical (unpaired) electrons. The third-order valence-electron chi connectivity index (χ3n) is 2.74. The first kappa shape index (κ1) is 17.9. The number of rotatable bonds is 7. The van der Waals surface area contributed by atoms with Crippen LogP contribution in [0.2, 0.25) is 0 Å². The Kier molecular flexibility index (Phi) is 6.18. The van der Waals surface area contributed by atoms with Crippen LogP contribution >= 0.6 is 15.9 Å². The molecule has 0 amide bonds. The highest BCUT2D eigenvalue weighted by Crippen LogP contribution is 2.27. The summed E-state index contributed by atoms with van der Waals surface area (Å²) in [7, 11) is -2.45. The lowest BCUT2D eigenvalue weighted by Gasteiger charge is -2.17. The van der Waals surface area contributed by atoms with E-state index in [9.17, 15) is 13.2 Å². The number of methoxy groups -OCH3 is 1. The molecule has 21 heavy (non-hydrogen) atoms. The van der Waals surface area contributed by atoms with Crippen LogP contribution in [-0.2, 0) is 14.8 Å². The maximum Gasteiger partial charge on any atom is 0.321 e. The molecule has 0 bridgehead atoms. The van der Waals surface area contributed by atoms with Crippen LogP contribution in [0, 0.1) is 5.92 Å². The predicted molar refractivity (Wildman–Crippen MR) is 81.9 cm³/mol. The van der Waals surface area contributed by atoms with Gasteiger partial charge < -0.3 is 9.84 Å². The van der Waals surface area contributed by atoms with Crippen molar-refractivity contribution in [2.24, 2.45) is 5.92 Å². The Bertz CT molecular complexity index is 615. The number of carbonyl (C=O) groups is 1. The lowest BCUT2D eigenvalue weighted by atomic mass is 10.1. The van der Waals surface area contributed by atoms with Crippen LogP contribution < -0.4 is 9.46 Å². The van der Waals surface area contributed by atoms with Crippen molar-refractivity contribution in [3.8, 4) is 5.75 Å². The van der Waals surface area contributed by atoms with Crippen molar-refractivity contribution in [3.63, 3.8) is 0 Å². The number of hydrogen-bond acceptors (Lipinski definition) is 4. The Hall–Kier alpha value is -1.12. The lowest BCUT2D eigenvalue weighted by Crippen LogP contribution is -2.41. The predicted octanol–water partition coefficient (Wildman–Crippen LogP) is 2.24. The zero-order valence-corrected chi connectivity index (χ0v) is 14.4. The monoisotopic (exact) mass is 379 g/mol. The van der Waals surface area contributed by atoms with Gasteiger partial charge in [0.25, 0.3) is 0 Å². The molecule has 6 nitrogen and oxygen atoms in total. The Morgan fingerprint density at radius 1 is 1.43 bits per heavy atom. The summed E-state index contributed by atoms with van der Waals surface area (Å²) in [5, 5.41) is 9.11. The smallest absolute Gasteiger partial charge is 0.321 e. The summed E-state index contributed by atoms with van der Waals surface area (Å²) in [4.78, 5) is 11.1. The van der Waals surface area contributed by atoms with E-state index in [4.69, 9.17) is 9.84 Å². The maximum atomic E-state index is 12.2.